The van der Waals surface area contributed by atoms with E-state index in [9.17, 15) is 4.79 Å². The van der Waals surface area contributed by atoms with Crippen LogP contribution in [0, 0.1) is 6.92 Å². The van der Waals surface area contributed by atoms with Gasteiger partial charge >= 0.3 is 0 Å². The first-order valence-electron chi connectivity index (χ1n) is 12.0. The van der Waals surface area contributed by atoms with Gasteiger partial charge < -0.3 is 15.1 Å². The van der Waals surface area contributed by atoms with Gasteiger partial charge in [0.15, 0.2) is 11.6 Å². The molecule has 4 heterocycles. The van der Waals surface area contributed by atoms with Crippen LogP contribution in [0.1, 0.15) is 30.5 Å². The Morgan fingerprint density at radius 3 is 2.54 bits per heavy atom. The molecule has 6 rings (SSSR count). The summed E-state index contributed by atoms with van der Waals surface area (Å²) in [6.45, 7) is 4.59. The van der Waals surface area contributed by atoms with E-state index in [0.29, 0.717) is 48.8 Å². The van der Waals surface area contributed by atoms with Gasteiger partial charge in [-0.25, -0.2) is 4.52 Å². The van der Waals surface area contributed by atoms with Crippen molar-refractivity contribution in [3.05, 3.63) is 64.9 Å². The SMILES string of the molecule is Cc1cc(Nc2nc(N3CCN(C(=O)C4(c5ccc(Cl)cc5)CCC4)CC3)nn3cccc23)n[nH]1. The number of aryl methyl sites for hydroxylation is 1. The maximum Gasteiger partial charge on any atom is 0.245 e. The molecule has 9 nitrogen and oxygen atoms in total. The van der Waals surface area contributed by atoms with Gasteiger partial charge in [-0.3, -0.25) is 9.89 Å². The topological polar surface area (TPSA) is 94.5 Å². The van der Waals surface area contributed by atoms with Crippen molar-refractivity contribution in [1.82, 2.24) is 29.7 Å². The molecule has 1 aromatic carbocycles. The highest BCUT2D eigenvalue weighted by Gasteiger charge is 2.48. The first-order chi connectivity index (χ1) is 17.0. The van der Waals surface area contributed by atoms with E-state index < -0.39 is 5.41 Å². The number of carbonyl (C=O) groups excluding carboxylic acids is 1. The van der Waals surface area contributed by atoms with Crippen molar-refractivity contribution in [2.24, 2.45) is 0 Å². The molecular formula is C25H27ClN8O. The molecule has 0 bridgehead atoms. The number of rotatable bonds is 5. The molecule has 2 N–H and O–H groups in total. The lowest BCUT2D eigenvalue weighted by Gasteiger charge is -2.46. The van der Waals surface area contributed by atoms with Gasteiger partial charge in [0.05, 0.1) is 5.41 Å². The zero-order chi connectivity index (χ0) is 24.0. The predicted octanol–water partition coefficient (Wildman–Crippen LogP) is 3.93. The summed E-state index contributed by atoms with van der Waals surface area (Å²) in [5.74, 6) is 2.26. The third-order valence-electron chi connectivity index (χ3n) is 7.20. The average molecular weight is 491 g/mol. The van der Waals surface area contributed by atoms with Crippen LogP contribution in [0.15, 0.2) is 48.7 Å². The van der Waals surface area contributed by atoms with Crippen molar-refractivity contribution in [3.63, 3.8) is 0 Å². The number of aromatic nitrogens is 5. The monoisotopic (exact) mass is 490 g/mol. The van der Waals surface area contributed by atoms with Crippen molar-refractivity contribution < 1.29 is 4.79 Å². The van der Waals surface area contributed by atoms with Gasteiger partial charge in [-0.1, -0.05) is 30.2 Å². The van der Waals surface area contributed by atoms with E-state index in [1.54, 1.807) is 0 Å². The molecule has 10 heteroatoms. The van der Waals surface area contributed by atoms with Crippen molar-refractivity contribution in [2.45, 2.75) is 31.6 Å². The zero-order valence-corrected chi connectivity index (χ0v) is 20.3. The lowest BCUT2D eigenvalue weighted by Crippen LogP contribution is -2.57. The number of aromatic amines is 1. The van der Waals surface area contributed by atoms with Crippen LogP contribution in [0.3, 0.4) is 0 Å². The van der Waals surface area contributed by atoms with Crippen LogP contribution in [0.25, 0.3) is 5.52 Å². The average Bonchev–Trinajstić information content (AvgIpc) is 3.48. The maximum atomic E-state index is 13.6. The Bertz CT molecular complexity index is 1370. The van der Waals surface area contributed by atoms with Crippen LogP contribution in [0.5, 0.6) is 0 Å². The summed E-state index contributed by atoms with van der Waals surface area (Å²) in [5, 5.41) is 15.9. The molecule has 0 radical (unpaired) electrons. The Labute approximate surface area is 208 Å². The van der Waals surface area contributed by atoms with E-state index in [0.717, 1.165) is 36.0 Å². The summed E-state index contributed by atoms with van der Waals surface area (Å²) in [7, 11) is 0. The second-order valence-electron chi connectivity index (χ2n) is 9.38. The minimum Gasteiger partial charge on any atom is -0.338 e. The van der Waals surface area contributed by atoms with Crippen LogP contribution < -0.4 is 10.2 Å². The summed E-state index contributed by atoms with van der Waals surface area (Å²) >= 11 is 6.09. The predicted molar refractivity (Wildman–Crippen MR) is 135 cm³/mol. The Kier molecular flexibility index (Phi) is 5.36. The van der Waals surface area contributed by atoms with Crippen LogP contribution >= 0.6 is 11.6 Å². The molecule has 0 spiro atoms. The molecule has 0 unspecified atom stereocenters. The standard InChI is InChI=1S/C25H27ClN8O/c1-17-16-21(30-29-17)27-22-20-4-2-11-34(20)31-24(28-22)33-14-12-32(13-15-33)23(35)25(9-3-10-25)18-5-7-19(26)8-6-18/h2,4-8,11,16H,3,9-10,12-15H2,1H3,(H2,27,28,29,30,31). The number of piperazine rings is 1. The lowest BCUT2D eigenvalue weighted by molar-refractivity contribution is -0.141. The van der Waals surface area contributed by atoms with Crippen LogP contribution in [0.2, 0.25) is 5.02 Å². The molecular weight excluding hydrogens is 464 g/mol. The number of H-pyrrole nitrogens is 1. The van der Waals surface area contributed by atoms with Crippen LogP contribution in [-0.2, 0) is 10.2 Å². The molecule has 1 amide bonds. The lowest BCUT2D eigenvalue weighted by atomic mass is 9.63. The molecule has 35 heavy (non-hydrogen) atoms. The number of benzene rings is 1. The van der Waals surface area contributed by atoms with Gasteiger partial charge in [0.2, 0.25) is 11.9 Å². The minimum atomic E-state index is -0.411. The largest absolute Gasteiger partial charge is 0.338 e. The van der Waals surface area contributed by atoms with E-state index in [1.807, 2.05) is 65.0 Å². The van der Waals surface area contributed by atoms with E-state index in [2.05, 4.69) is 20.4 Å². The molecule has 1 saturated carbocycles. The zero-order valence-electron chi connectivity index (χ0n) is 19.5. The number of fused-ring (bicyclic) bond motifs is 1. The minimum absolute atomic E-state index is 0.226. The summed E-state index contributed by atoms with van der Waals surface area (Å²) < 4.78 is 1.82. The van der Waals surface area contributed by atoms with Crippen molar-refractivity contribution >= 4 is 40.6 Å². The Hall–Kier alpha value is -3.59. The molecule has 1 saturated heterocycles. The first-order valence-corrected chi connectivity index (χ1v) is 12.3. The first kappa shape index (κ1) is 21.9. The van der Waals surface area contributed by atoms with Crippen molar-refractivity contribution in [3.8, 4) is 0 Å². The quantitative estimate of drug-likeness (QED) is 0.440. The maximum absolute atomic E-state index is 13.6. The van der Waals surface area contributed by atoms with E-state index in [-0.39, 0.29) is 5.91 Å². The highest BCUT2D eigenvalue weighted by atomic mass is 35.5. The van der Waals surface area contributed by atoms with Crippen molar-refractivity contribution in [1.29, 1.82) is 0 Å². The van der Waals surface area contributed by atoms with Crippen LogP contribution in [-0.4, -0.2) is 61.8 Å². The Balaban J connectivity index is 1.19. The van der Waals surface area contributed by atoms with E-state index in [4.69, 9.17) is 21.7 Å². The summed E-state index contributed by atoms with van der Waals surface area (Å²) in [6, 6.07) is 13.6. The molecule has 180 valence electrons. The fourth-order valence-electron chi connectivity index (χ4n) is 5.09. The number of nitrogens with one attached hydrogen (secondary N) is 2. The van der Waals surface area contributed by atoms with Gasteiger partial charge in [-0.05, 0) is 49.6 Å². The number of anilines is 3. The Morgan fingerprint density at radius 2 is 1.89 bits per heavy atom. The summed E-state index contributed by atoms with van der Waals surface area (Å²) in [6.07, 6.45) is 4.77. The third kappa shape index (κ3) is 3.89. The molecule has 2 aliphatic rings. The number of halogens is 1. The van der Waals surface area contributed by atoms with Gasteiger partial charge in [0, 0.05) is 49.2 Å². The number of amides is 1. The smallest absolute Gasteiger partial charge is 0.245 e. The van der Waals surface area contributed by atoms with Gasteiger partial charge in [-0.2, -0.15) is 10.1 Å². The van der Waals surface area contributed by atoms with Gasteiger partial charge in [0.25, 0.3) is 0 Å². The third-order valence-corrected chi connectivity index (χ3v) is 7.45. The molecule has 1 aliphatic carbocycles. The number of hydrogen-bond acceptors (Lipinski definition) is 6. The second-order valence-corrected chi connectivity index (χ2v) is 9.82. The number of hydrogen-bond donors (Lipinski definition) is 2. The number of carbonyl (C=O) groups is 1. The van der Waals surface area contributed by atoms with Crippen molar-refractivity contribution in [2.75, 3.05) is 36.4 Å². The normalized spacial score (nSPS) is 17.4. The highest BCUT2D eigenvalue weighted by Crippen LogP contribution is 2.45. The van der Waals surface area contributed by atoms with E-state index >= 15 is 0 Å². The van der Waals surface area contributed by atoms with E-state index in [1.165, 1.54) is 0 Å². The van der Waals surface area contributed by atoms with Gasteiger partial charge in [0.1, 0.15) is 5.52 Å². The molecule has 2 fully saturated rings. The molecule has 3 aromatic heterocycles. The van der Waals surface area contributed by atoms with Crippen LogP contribution in [0.4, 0.5) is 17.6 Å². The second kappa shape index (κ2) is 8.57. The molecule has 4 aromatic rings. The molecule has 0 atom stereocenters. The number of nitrogens with zero attached hydrogens (tertiary/aromatic N) is 6. The fourth-order valence-corrected chi connectivity index (χ4v) is 5.22. The molecule has 1 aliphatic heterocycles. The summed E-state index contributed by atoms with van der Waals surface area (Å²) in [4.78, 5) is 22.6. The highest BCUT2D eigenvalue weighted by molar-refractivity contribution is 6.30. The van der Waals surface area contributed by atoms with Gasteiger partial charge in [-0.15, -0.1) is 5.10 Å². The summed E-state index contributed by atoms with van der Waals surface area (Å²) in [5.41, 5.74) is 2.51. The fraction of sp³-hybridized carbons (Fsp3) is 0.360. The Morgan fingerprint density at radius 1 is 1.11 bits per heavy atom.